The van der Waals surface area contributed by atoms with Crippen LogP contribution in [0, 0.1) is 0 Å². The maximum absolute atomic E-state index is 8.89. The first-order valence-corrected chi connectivity index (χ1v) is 6.37. The summed E-state index contributed by atoms with van der Waals surface area (Å²) >= 11 is 2.99. The molecule has 1 aromatic carbocycles. The van der Waals surface area contributed by atoms with E-state index in [9.17, 15) is 0 Å². The van der Waals surface area contributed by atoms with Crippen molar-refractivity contribution in [3.05, 3.63) is 33.8 Å². The van der Waals surface area contributed by atoms with E-state index in [0.717, 1.165) is 18.2 Å². The van der Waals surface area contributed by atoms with Crippen LogP contribution in [0.3, 0.4) is 0 Å². The van der Waals surface area contributed by atoms with Gasteiger partial charge in [-0.15, -0.1) is 0 Å². The van der Waals surface area contributed by atoms with Gasteiger partial charge in [0.2, 0.25) is 0 Å². The Morgan fingerprint density at radius 3 is 2.37 bits per heavy atom. The molecular formula is C18H25Br. The Kier molecular flexibility index (Phi) is 1.20. The maximum atomic E-state index is 8.89. The van der Waals surface area contributed by atoms with Gasteiger partial charge in [0.15, 0.2) is 0 Å². The molecule has 0 bridgehead atoms. The van der Waals surface area contributed by atoms with E-state index < -0.39 is 91.2 Å². The molecule has 1 aromatic rings. The van der Waals surface area contributed by atoms with Gasteiger partial charge >= 0.3 is 0 Å². The maximum Gasteiger partial charge on any atom is 0.0353 e. The van der Waals surface area contributed by atoms with Gasteiger partial charge in [-0.05, 0) is 54.5 Å². The van der Waals surface area contributed by atoms with E-state index in [4.69, 9.17) is 27.4 Å². The minimum atomic E-state index is -3.65. The van der Waals surface area contributed by atoms with Gasteiger partial charge in [0, 0.05) is 31.9 Å². The number of halogens is 1. The molecule has 0 heterocycles. The van der Waals surface area contributed by atoms with Crippen LogP contribution in [0.4, 0.5) is 0 Å². The lowest BCUT2D eigenvalue weighted by Gasteiger charge is -2.26. The molecule has 4 unspecified atom stereocenters. The third-order valence-electron chi connectivity index (χ3n) is 2.67. The van der Waals surface area contributed by atoms with Gasteiger partial charge in [-0.3, -0.25) is 0 Å². The van der Waals surface area contributed by atoms with E-state index in [1.54, 1.807) is 0 Å². The highest BCUT2D eigenvalue weighted by Crippen LogP contribution is 2.39. The Balaban J connectivity index is 2.32. The average Bonchev–Trinajstić information content (AvgIpc) is 2.79. The minimum Gasteiger partial charge on any atom is -0.0584 e. The molecule has 0 N–H and O–H groups in total. The minimum absolute atomic E-state index is 0.422. The standard InChI is InChI=1S/C18H25Br/c19-18-13-16(14-7-3-1-4-8-14)11-12-17(18)15-9-5-2-6-10-15/h11-15H,1-10H2/i1D2,2D2,3D2,4D2,5D2,6D2,7D,8D2,9D,10D2,14D,15D. The van der Waals surface area contributed by atoms with Gasteiger partial charge in [0.05, 0.1) is 0 Å². The second kappa shape index (κ2) is 6.43. The van der Waals surface area contributed by atoms with E-state index in [0.29, 0.717) is 0 Å². The first-order chi connectivity index (χ1) is 16.9. The molecule has 4 atom stereocenters. The monoisotopic (exact) mass is 340 g/mol. The van der Waals surface area contributed by atoms with Crippen LogP contribution < -0.4 is 0 Å². The summed E-state index contributed by atoms with van der Waals surface area (Å²) in [4.78, 5) is 0. The average molecular weight is 341 g/mol. The summed E-state index contributed by atoms with van der Waals surface area (Å²) in [6, 6.07) is 2.45. The second-order valence-electron chi connectivity index (χ2n) is 3.85. The summed E-state index contributed by atoms with van der Waals surface area (Å²) in [6.45, 7) is 0. The van der Waals surface area contributed by atoms with Crippen LogP contribution in [0.2, 0.25) is 0 Å². The summed E-state index contributed by atoms with van der Waals surface area (Å²) in [5, 5.41) is 0. The zero-order valence-corrected chi connectivity index (χ0v) is 11.4. The smallest absolute Gasteiger partial charge is 0.0353 e. The molecule has 3 rings (SSSR count). The first kappa shape index (κ1) is 3.54. The SMILES string of the molecule is [2H]C1C([2H])([2H])C([2H])([2H])C([2H])([2H])C([2H])([2H])C1([2H])c1ccc(C2([2H])C([2H])C([2H])([2H])C([2H])([2H])C([2H])([2H])C2([2H])[2H])c(Br)c1. The highest BCUT2D eigenvalue weighted by atomic mass is 79.9. The predicted molar refractivity (Wildman–Crippen MR) is 85.8 cm³/mol. The summed E-state index contributed by atoms with van der Waals surface area (Å²) in [7, 11) is 0. The third kappa shape index (κ3) is 3.24. The van der Waals surface area contributed by atoms with Gasteiger partial charge < -0.3 is 0 Å². The van der Waals surface area contributed by atoms with E-state index in [-0.39, 0.29) is 0 Å². The molecule has 2 saturated carbocycles. The van der Waals surface area contributed by atoms with Crippen LogP contribution in [-0.4, -0.2) is 0 Å². The van der Waals surface area contributed by atoms with Crippen molar-refractivity contribution in [1.29, 1.82) is 0 Å². The molecule has 0 nitrogen and oxygen atoms in total. The van der Waals surface area contributed by atoms with Gasteiger partial charge in [-0.2, -0.15) is 0 Å². The molecule has 104 valence electrons. The molecule has 2 fully saturated rings. The fourth-order valence-electron chi connectivity index (χ4n) is 1.76. The molecule has 0 saturated heterocycles. The number of hydrogen-bond donors (Lipinski definition) is 0. The highest BCUT2D eigenvalue weighted by molar-refractivity contribution is 9.10. The van der Waals surface area contributed by atoms with Crippen molar-refractivity contribution in [2.24, 2.45) is 0 Å². The number of hydrogen-bond acceptors (Lipinski definition) is 0. The summed E-state index contributed by atoms with van der Waals surface area (Å²) < 4.78 is 164. The normalized spacial score (nSPS) is 80.5. The van der Waals surface area contributed by atoms with Crippen molar-refractivity contribution in [2.75, 3.05) is 0 Å². The van der Waals surface area contributed by atoms with Crippen LogP contribution >= 0.6 is 15.9 Å². The largest absolute Gasteiger partial charge is 0.0584 e. The first-order valence-electron chi connectivity index (χ1n) is 15.7. The molecule has 1 heteroatoms. The Bertz CT molecular complexity index is 1180. The van der Waals surface area contributed by atoms with Crippen molar-refractivity contribution >= 4 is 15.9 Å². The fourth-order valence-corrected chi connectivity index (χ4v) is 2.35. The Hall–Kier alpha value is -0.300. The Morgan fingerprint density at radius 1 is 0.947 bits per heavy atom. The highest BCUT2D eigenvalue weighted by Gasteiger charge is 2.20. The van der Waals surface area contributed by atoms with Crippen LogP contribution in [-0.2, 0) is 0 Å². The van der Waals surface area contributed by atoms with Gasteiger partial charge in [-0.25, -0.2) is 0 Å². The third-order valence-corrected chi connectivity index (χ3v) is 3.32. The fraction of sp³-hybridized carbons (Fsp3) is 0.667. The predicted octanol–water partition coefficient (Wildman–Crippen LogP) is 6.54. The van der Waals surface area contributed by atoms with Gasteiger partial charge in [0.25, 0.3) is 0 Å². The van der Waals surface area contributed by atoms with E-state index in [1.165, 1.54) is 0 Å². The molecular weight excluding hydrogens is 296 g/mol. The van der Waals surface area contributed by atoms with E-state index in [1.807, 2.05) is 0 Å². The molecule has 0 amide bonds. The lowest BCUT2D eigenvalue weighted by Crippen LogP contribution is -2.07. The topological polar surface area (TPSA) is 0 Å². The number of benzene rings is 1. The quantitative estimate of drug-likeness (QED) is 0.572. The van der Waals surface area contributed by atoms with Crippen LogP contribution in [0.25, 0.3) is 0 Å². The Morgan fingerprint density at radius 2 is 1.63 bits per heavy atom. The molecule has 2 aliphatic rings. The van der Waals surface area contributed by atoms with E-state index in [2.05, 4.69) is 15.9 Å². The molecule has 2 aliphatic carbocycles. The van der Waals surface area contributed by atoms with E-state index >= 15 is 0 Å². The summed E-state index contributed by atoms with van der Waals surface area (Å²) in [5.74, 6) is -6.28. The molecule has 0 aromatic heterocycles. The zero-order chi connectivity index (χ0) is 31.0. The van der Waals surface area contributed by atoms with Crippen molar-refractivity contribution in [1.82, 2.24) is 0 Å². The zero-order valence-electron chi connectivity index (χ0n) is 29.8. The summed E-state index contributed by atoms with van der Waals surface area (Å²) in [6.07, 6.45) is -33.4. The van der Waals surface area contributed by atoms with Gasteiger partial charge in [0.1, 0.15) is 0 Å². The summed E-state index contributed by atoms with van der Waals surface area (Å²) in [5.41, 5.74) is -1.18. The van der Waals surface area contributed by atoms with Crippen LogP contribution in [0.15, 0.2) is 22.7 Å². The molecule has 0 aliphatic heterocycles. The lowest BCUT2D eigenvalue weighted by atomic mass is 9.81. The molecule has 0 spiro atoms. The lowest BCUT2D eigenvalue weighted by molar-refractivity contribution is 0.438. The van der Waals surface area contributed by atoms with Crippen molar-refractivity contribution in [3.63, 3.8) is 0 Å². The number of rotatable bonds is 2. The van der Waals surface area contributed by atoms with Crippen LogP contribution in [0.1, 0.15) is 114 Å². The molecule has 19 heavy (non-hydrogen) atoms. The van der Waals surface area contributed by atoms with Crippen molar-refractivity contribution < 1.29 is 27.4 Å². The van der Waals surface area contributed by atoms with Crippen molar-refractivity contribution in [3.8, 4) is 0 Å². The molecule has 0 radical (unpaired) electrons. The second-order valence-corrected chi connectivity index (χ2v) is 4.70. The van der Waals surface area contributed by atoms with Crippen LogP contribution in [0.5, 0.6) is 0 Å². The van der Waals surface area contributed by atoms with Crippen molar-refractivity contribution in [2.45, 2.75) is 75.6 Å². The Labute approximate surface area is 154 Å². The van der Waals surface area contributed by atoms with Gasteiger partial charge in [-0.1, -0.05) is 66.3 Å².